The number of fused-ring (bicyclic) bond motifs is 1. The van der Waals surface area contributed by atoms with Crippen LogP contribution in [-0.2, 0) is 19.4 Å². The van der Waals surface area contributed by atoms with E-state index < -0.39 is 0 Å². The molecule has 1 aromatic carbocycles. The molecule has 2 N–H and O–H groups in total. The number of carbonyl (C=O) groups excluding carboxylic acids is 1. The van der Waals surface area contributed by atoms with E-state index in [1.54, 1.807) is 6.07 Å². The Kier molecular flexibility index (Phi) is 3.30. The van der Waals surface area contributed by atoms with E-state index >= 15 is 0 Å². The lowest BCUT2D eigenvalue weighted by Gasteiger charge is -2.15. The third kappa shape index (κ3) is 2.33. The summed E-state index contributed by atoms with van der Waals surface area (Å²) in [4.78, 5) is 15.9. The summed E-state index contributed by atoms with van der Waals surface area (Å²) in [5, 5.41) is 0. The lowest BCUT2D eigenvalue weighted by atomic mass is 10.0. The maximum Gasteiger partial charge on any atom is 0.248 e. The summed E-state index contributed by atoms with van der Waals surface area (Å²) >= 11 is 0. The number of carbonyl (C=O) groups is 1. The number of nitrogens with two attached hydrogens (primary N) is 1. The Morgan fingerprint density at radius 3 is 2.95 bits per heavy atom. The van der Waals surface area contributed by atoms with Crippen LogP contribution in [0.5, 0.6) is 0 Å². The lowest BCUT2D eigenvalue weighted by molar-refractivity contribution is 0.1000. The Labute approximate surface area is 118 Å². The van der Waals surface area contributed by atoms with Gasteiger partial charge in [0.15, 0.2) is 0 Å². The van der Waals surface area contributed by atoms with Gasteiger partial charge in [0.2, 0.25) is 5.91 Å². The van der Waals surface area contributed by atoms with Crippen molar-refractivity contribution in [2.75, 3.05) is 0 Å². The highest BCUT2D eigenvalue weighted by Crippen LogP contribution is 2.23. The number of imidazole rings is 1. The van der Waals surface area contributed by atoms with Gasteiger partial charge in [-0.25, -0.2) is 4.98 Å². The van der Waals surface area contributed by atoms with Crippen LogP contribution in [0, 0.1) is 6.92 Å². The molecule has 1 aliphatic rings. The molecular formula is C16H19N3O. The molecule has 0 saturated heterocycles. The second-order valence-electron chi connectivity index (χ2n) is 5.41. The summed E-state index contributed by atoms with van der Waals surface area (Å²) in [6, 6.07) is 7.54. The fourth-order valence-corrected chi connectivity index (χ4v) is 2.95. The number of rotatable bonds is 3. The van der Waals surface area contributed by atoms with E-state index in [1.807, 2.05) is 18.2 Å². The van der Waals surface area contributed by atoms with E-state index in [0.717, 1.165) is 30.8 Å². The maximum absolute atomic E-state index is 11.3. The quantitative estimate of drug-likeness (QED) is 0.928. The third-order valence-electron chi connectivity index (χ3n) is 3.98. The van der Waals surface area contributed by atoms with Gasteiger partial charge in [0, 0.05) is 17.8 Å². The van der Waals surface area contributed by atoms with Gasteiger partial charge in [-0.2, -0.15) is 0 Å². The van der Waals surface area contributed by atoms with Gasteiger partial charge in [-0.1, -0.05) is 12.1 Å². The van der Waals surface area contributed by atoms with Crippen LogP contribution >= 0.6 is 0 Å². The van der Waals surface area contributed by atoms with E-state index in [0.29, 0.717) is 5.56 Å². The zero-order valence-electron chi connectivity index (χ0n) is 11.7. The molecule has 104 valence electrons. The maximum atomic E-state index is 11.3. The molecule has 0 spiro atoms. The highest BCUT2D eigenvalue weighted by Gasteiger charge is 2.18. The monoisotopic (exact) mass is 269 g/mol. The summed E-state index contributed by atoms with van der Waals surface area (Å²) in [6.07, 6.45) is 4.66. The molecule has 0 radical (unpaired) electrons. The van der Waals surface area contributed by atoms with Gasteiger partial charge in [0.25, 0.3) is 0 Å². The standard InChI is InChI=1S/C16H19N3O/c1-11-18-14-7-2-3-8-15(14)19(11)10-12-5-4-6-13(9-12)16(17)20/h4-6,9H,2-3,7-8,10H2,1H3,(H2,17,20). The third-order valence-corrected chi connectivity index (χ3v) is 3.98. The number of primary amides is 1. The van der Waals surface area contributed by atoms with Crippen LogP contribution in [0.1, 0.15) is 46.0 Å². The first-order valence-corrected chi connectivity index (χ1v) is 7.09. The molecule has 1 amide bonds. The fourth-order valence-electron chi connectivity index (χ4n) is 2.95. The summed E-state index contributed by atoms with van der Waals surface area (Å²) in [7, 11) is 0. The molecule has 4 nitrogen and oxygen atoms in total. The van der Waals surface area contributed by atoms with Crippen molar-refractivity contribution in [2.24, 2.45) is 5.73 Å². The molecule has 1 heterocycles. The number of benzene rings is 1. The molecule has 0 atom stereocenters. The Balaban J connectivity index is 1.93. The van der Waals surface area contributed by atoms with Crippen molar-refractivity contribution in [3.8, 4) is 0 Å². The molecular weight excluding hydrogens is 250 g/mol. The fraction of sp³-hybridized carbons (Fsp3) is 0.375. The minimum Gasteiger partial charge on any atom is -0.366 e. The highest BCUT2D eigenvalue weighted by molar-refractivity contribution is 5.92. The van der Waals surface area contributed by atoms with Crippen LogP contribution in [0.2, 0.25) is 0 Å². The van der Waals surface area contributed by atoms with Crippen LogP contribution < -0.4 is 5.73 Å². The largest absolute Gasteiger partial charge is 0.366 e. The van der Waals surface area contributed by atoms with E-state index in [2.05, 4.69) is 16.5 Å². The van der Waals surface area contributed by atoms with Gasteiger partial charge in [0.05, 0.1) is 5.69 Å². The van der Waals surface area contributed by atoms with Crippen molar-refractivity contribution in [2.45, 2.75) is 39.2 Å². The molecule has 4 heteroatoms. The number of aryl methyl sites for hydroxylation is 2. The second-order valence-corrected chi connectivity index (χ2v) is 5.41. The molecule has 0 bridgehead atoms. The Hall–Kier alpha value is -2.10. The minimum atomic E-state index is -0.378. The van der Waals surface area contributed by atoms with Gasteiger partial charge in [-0.05, 0) is 50.3 Å². The summed E-state index contributed by atoms with van der Waals surface area (Å²) in [5.74, 6) is 0.678. The number of amides is 1. The molecule has 0 unspecified atom stereocenters. The van der Waals surface area contributed by atoms with Crippen molar-refractivity contribution < 1.29 is 4.79 Å². The lowest BCUT2D eigenvalue weighted by Crippen LogP contribution is -2.13. The zero-order chi connectivity index (χ0) is 14.1. The topological polar surface area (TPSA) is 60.9 Å². The van der Waals surface area contributed by atoms with Crippen molar-refractivity contribution >= 4 is 5.91 Å². The summed E-state index contributed by atoms with van der Waals surface area (Å²) in [5.41, 5.74) is 9.60. The summed E-state index contributed by atoms with van der Waals surface area (Å²) < 4.78 is 2.27. The predicted octanol–water partition coefficient (Wildman–Crippen LogP) is 2.22. The molecule has 2 aromatic rings. The molecule has 0 saturated carbocycles. The number of aromatic nitrogens is 2. The van der Waals surface area contributed by atoms with Crippen molar-refractivity contribution in [3.05, 3.63) is 52.6 Å². The first kappa shape index (κ1) is 12.9. The van der Waals surface area contributed by atoms with Crippen LogP contribution in [0.4, 0.5) is 0 Å². The van der Waals surface area contributed by atoms with Gasteiger partial charge >= 0.3 is 0 Å². The smallest absolute Gasteiger partial charge is 0.248 e. The van der Waals surface area contributed by atoms with E-state index in [4.69, 9.17) is 5.73 Å². The molecule has 1 aliphatic carbocycles. The Morgan fingerprint density at radius 1 is 1.35 bits per heavy atom. The normalized spacial score (nSPS) is 14.1. The predicted molar refractivity (Wildman–Crippen MR) is 77.7 cm³/mol. The second kappa shape index (κ2) is 5.12. The Morgan fingerprint density at radius 2 is 2.15 bits per heavy atom. The Bertz CT molecular complexity index is 658. The average molecular weight is 269 g/mol. The van der Waals surface area contributed by atoms with Crippen LogP contribution in [0.3, 0.4) is 0 Å². The van der Waals surface area contributed by atoms with Gasteiger partial charge in [-0.3, -0.25) is 4.79 Å². The zero-order valence-corrected chi connectivity index (χ0v) is 11.7. The van der Waals surface area contributed by atoms with Gasteiger partial charge in [0.1, 0.15) is 5.82 Å². The SMILES string of the molecule is Cc1nc2c(n1Cc1cccc(C(N)=O)c1)CCCC2. The number of nitrogens with zero attached hydrogens (tertiary/aromatic N) is 2. The van der Waals surface area contributed by atoms with Crippen LogP contribution in [0.15, 0.2) is 24.3 Å². The summed E-state index contributed by atoms with van der Waals surface area (Å²) in [6.45, 7) is 2.81. The number of hydrogen-bond acceptors (Lipinski definition) is 2. The van der Waals surface area contributed by atoms with Crippen molar-refractivity contribution in [3.63, 3.8) is 0 Å². The van der Waals surface area contributed by atoms with Crippen LogP contribution in [0.25, 0.3) is 0 Å². The molecule has 20 heavy (non-hydrogen) atoms. The minimum absolute atomic E-state index is 0.378. The first-order valence-electron chi connectivity index (χ1n) is 7.09. The van der Waals surface area contributed by atoms with Gasteiger partial charge < -0.3 is 10.3 Å². The van der Waals surface area contributed by atoms with E-state index in [1.165, 1.54) is 24.2 Å². The van der Waals surface area contributed by atoms with Crippen LogP contribution in [-0.4, -0.2) is 15.5 Å². The van der Waals surface area contributed by atoms with Crippen molar-refractivity contribution in [1.29, 1.82) is 0 Å². The van der Waals surface area contributed by atoms with Gasteiger partial charge in [-0.15, -0.1) is 0 Å². The number of hydrogen-bond donors (Lipinski definition) is 1. The van der Waals surface area contributed by atoms with Crippen molar-refractivity contribution in [1.82, 2.24) is 9.55 Å². The van der Waals surface area contributed by atoms with E-state index in [9.17, 15) is 4.79 Å². The highest BCUT2D eigenvalue weighted by atomic mass is 16.1. The first-order chi connectivity index (χ1) is 9.65. The van der Waals surface area contributed by atoms with E-state index in [-0.39, 0.29) is 5.91 Å². The molecule has 0 aliphatic heterocycles. The molecule has 1 aromatic heterocycles. The molecule has 0 fully saturated rings. The average Bonchev–Trinajstić information content (AvgIpc) is 2.76. The molecule has 3 rings (SSSR count).